The van der Waals surface area contributed by atoms with Gasteiger partial charge in [-0.15, -0.1) is 0 Å². The minimum Gasteiger partial charge on any atom is -0.210 e. The average Bonchev–Trinajstić information content (AvgIpc) is 2.57. The van der Waals surface area contributed by atoms with Crippen LogP contribution in [-0.4, -0.2) is 20.7 Å². The normalized spacial score (nSPS) is 11.2. The van der Waals surface area contributed by atoms with Gasteiger partial charge in [0, 0.05) is 18.1 Å². The zero-order valence-corrected chi connectivity index (χ0v) is 15.4. The Morgan fingerprint density at radius 1 is 1.12 bits per heavy atom. The summed E-state index contributed by atoms with van der Waals surface area (Å²) in [5.41, 5.74) is 3.67. The van der Waals surface area contributed by atoms with Crippen LogP contribution in [0.3, 0.4) is 0 Å². The molecule has 0 spiro atoms. The van der Waals surface area contributed by atoms with Crippen molar-refractivity contribution >= 4 is 21.8 Å². The molecule has 0 atom stereocenters. The van der Waals surface area contributed by atoms with Crippen LogP contribution in [0.15, 0.2) is 47.4 Å². The van der Waals surface area contributed by atoms with E-state index in [0.717, 1.165) is 16.7 Å². The molecule has 6 heteroatoms. The van der Waals surface area contributed by atoms with E-state index in [9.17, 15) is 8.42 Å². The Kier molecular flexibility index (Phi) is 6.44. The third-order valence-corrected chi connectivity index (χ3v) is 6.19. The van der Waals surface area contributed by atoms with E-state index in [-0.39, 0.29) is 0 Å². The van der Waals surface area contributed by atoms with E-state index in [1.165, 1.54) is 0 Å². The first-order valence-electron chi connectivity index (χ1n) is 7.57. The lowest BCUT2D eigenvalue weighted by atomic mass is 10.1. The molecule has 0 aliphatic rings. The summed E-state index contributed by atoms with van der Waals surface area (Å²) in [7, 11) is -3.47. The number of benzene rings is 2. The lowest BCUT2D eigenvalue weighted by molar-refractivity contribution is 0.584. The number of nitrogens with zero attached hydrogens (tertiary/aromatic N) is 1. The zero-order valence-electron chi connectivity index (χ0n) is 13.7. The lowest BCUT2D eigenvalue weighted by Gasteiger charge is -2.09. The predicted molar refractivity (Wildman–Crippen MR) is 98.4 cm³/mol. The molecule has 0 unspecified atom stereocenters. The van der Waals surface area contributed by atoms with Gasteiger partial charge in [-0.2, -0.15) is 17.0 Å². The number of rotatable bonds is 7. The number of aryl methyl sites for hydroxylation is 2. The summed E-state index contributed by atoms with van der Waals surface area (Å²) in [6.07, 6.45) is 0. The van der Waals surface area contributed by atoms with Crippen molar-refractivity contribution in [1.82, 2.24) is 4.72 Å². The van der Waals surface area contributed by atoms with Crippen molar-refractivity contribution in [2.24, 2.45) is 0 Å². The number of hydrogen-bond donors (Lipinski definition) is 1. The van der Waals surface area contributed by atoms with Crippen LogP contribution >= 0.6 is 11.8 Å². The quantitative estimate of drug-likeness (QED) is 0.769. The molecular formula is C18H20N2O2S2. The van der Waals surface area contributed by atoms with Crippen LogP contribution in [0, 0.1) is 25.2 Å². The second-order valence-electron chi connectivity index (χ2n) is 5.47. The van der Waals surface area contributed by atoms with Gasteiger partial charge in [0.2, 0.25) is 10.0 Å². The van der Waals surface area contributed by atoms with E-state index in [1.54, 1.807) is 30.0 Å². The Balaban J connectivity index is 1.85. The van der Waals surface area contributed by atoms with Gasteiger partial charge in [-0.25, -0.2) is 13.1 Å². The molecule has 0 heterocycles. The first-order chi connectivity index (χ1) is 11.4. The fourth-order valence-corrected chi connectivity index (χ4v) is 4.26. The van der Waals surface area contributed by atoms with E-state index < -0.39 is 10.0 Å². The van der Waals surface area contributed by atoms with Gasteiger partial charge in [0.25, 0.3) is 0 Å². The largest absolute Gasteiger partial charge is 0.240 e. The molecule has 126 valence electrons. The van der Waals surface area contributed by atoms with Crippen LogP contribution in [0.25, 0.3) is 0 Å². The number of hydrogen-bond acceptors (Lipinski definition) is 4. The SMILES string of the molecule is Cc1ccc(S(=O)(=O)NCCSCc2ccccc2C#N)cc1C. The predicted octanol–water partition coefficient (Wildman–Crippen LogP) is 3.39. The van der Waals surface area contributed by atoms with Gasteiger partial charge in [-0.3, -0.25) is 0 Å². The Morgan fingerprint density at radius 2 is 1.88 bits per heavy atom. The maximum Gasteiger partial charge on any atom is 0.240 e. The fourth-order valence-electron chi connectivity index (χ4n) is 2.15. The number of thioether (sulfide) groups is 1. The summed E-state index contributed by atoms with van der Waals surface area (Å²) in [5.74, 6) is 1.33. The Morgan fingerprint density at radius 3 is 2.58 bits per heavy atom. The second-order valence-corrected chi connectivity index (χ2v) is 8.34. The Bertz CT molecular complexity index is 856. The second kappa shape index (κ2) is 8.34. The topological polar surface area (TPSA) is 70.0 Å². The van der Waals surface area contributed by atoms with Gasteiger partial charge < -0.3 is 0 Å². The molecule has 2 rings (SSSR count). The fraction of sp³-hybridized carbons (Fsp3) is 0.278. The Labute approximate surface area is 148 Å². The van der Waals surface area contributed by atoms with E-state index in [4.69, 9.17) is 5.26 Å². The van der Waals surface area contributed by atoms with Crippen LogP contribution in [0.4, 0.5) is 0 Å². The zero-order chi connectivity index (χ0) is 17.6. The molecule has 0 saturated heterocycles. The van der Waals surface area contributed by atoms with Crippen LogP contribution in [0.5, 0.6) is 0 Å². The van der Waals surface area contributed by atoms with Crippen LogP contribution in [0.1, 0.15) is 22.3 Å². The summed E-state index contributed by atoms with van der Waals surface area (Å²) >= 11 is 1.60. The van der Waals surface area contributed by atoms with Gasteiger partial charge in [-0.05, 0) is 48.7 Å². The van der Waals surface area contributed by atoms with Crippen molar-refractivity contribution in [2.45, 2.75) is 24.5 Å². The van der Waals surface area contributed by atoms with Gasteiger partial charge in [0.15, 0.2) is 0 Å². The van der Waals surface area contributed by atoms with Crippen molar-refractivity contribution in [3.05, 3.63) is 64.7 Å². The third-order valence-electron chi connectivity index (χ3n) is 3.72. The summed E-state index contributed by atoms with van der Waals surface area (Å²) in [6.45, 7) is 4.21. The minimum absolute atomic E-state index is 0.297. The molecule has 1 N–H and O–H groups in total. The van der Waals surface area contributed by atoms with Crippen molar-refractivity contribution in [3.63, 3.8) is 0 Å². The number of nitrogens with one attached hydrogen (secondary N) is 1. The molecular weight excluding hydrogens is 340 g/mol. The average molecular weight is 361 g/mol. The standard InChI is InChI=1S/C18H20N2O2S2/c1-14-7-8-18(11-15(14)2)24(21,22)20-9-10-23-13-17-6-4-3-5-16(17)12-19/h3-8,11,20H,9-10,13H2,1-2H3. The molecule has 0 radical (unpaired) electrons. The number of sulfonamides is 1. The first kappa shape index (κ1) is 18.5. The van der Waals surface area contributed by atoms with Crippen LogP contribution in [0.2, 0.25) is 0 Å². The monoisotopic (exact) mass is 360 g/mol. The first-order valence-corrected chi connectivity index (χ1v) is 10.2. The van der Waals surface area contributed by atoms with Crippen molar-refractivity contribution in [2.75, 3.05) is 12.3 Å². The van der Waals surface area contributed by atoms with Gasteiger partial charge in [0.1, 0.15) is 0 Å². The summed E-state index contributed by atoms with van der Waals surface area (Å²) in [4.78, 5) is 0.297. The number of nitriles is 1. The molecule has 2 aromatic carbocycles. The molecule has 24 heavy (non-hydrogen) atoms. The van der Waals surface area contributed by atoms with Gasteiger partial charge in [-0.1, -0.05) is 24.3 Å². The van der Waals surface area contributed by atoms with E-state index in [1.807, 2.05) is 38.1 Å². The van der Waals surface area contributed by atoms with E-state index in [2.05, 4.69) is 10.8 Å². The highest BCUT2D eigenvalue weighted by Gasteiger charge is 2.13. The smallest absolute Gasteiger partial charge is 0.210 e. The minimum atomic E-state index is -3.47. The van der Waals surface area contributed by atoms with Gasteiger partial charge in [0.05, 0.1) is 16.5 Å². The maximum absolute atomic E-state index is 12.3. The summed E-state index contributed by atoms with van der Waals surface area (Å²) in [6, 6.07) is 14.7. The van der Waals surface area contributed by atoms with Crippen molar-refractivity contribution in [3.8, 4) is 6.07 Å². The highest BCUT2D eigenvalue weighted by molar-refractivity contribution is 7.98. The molecule has 0 bridgehead atoms. The van der Waals surface area contributed by atoms with E-state index in [0.29, 0.717) is 28.5 Å². The molecule has 2 aromatic rings. The Hall–Kier alpha value is -1.81. The third kappa shape index (κ3) is 4.84. The molecule has 0 aliphatic carbocycles. The molecule has 0 aliphatic heterocycles. The highest BCUT2D eigenvalue weighted by Crippen LogP contribution is 2.17. The highest BCUT2D eigenvalue weighted by atomic mass is 32.2. The van der Waals surface area contributed by atoms with Crippen molar-refractivity contribution < 1.29 is 8.42 Å². The molecule has 0 saturated carbocycles. The maximum atomic E-state index is 12.3. The van der Waals surface area contributed by atoms with E-state index >= 15 is 0 Å². The molecule has 4 nitrogen and oxygen atoms in total. The van der Waals surface area contributed by atoms with Crippen LogP contribution < -0.4 is 4.72 Å². The molecule has 0 fully saturated rings. The molecule has 0 aromatic heterocycles. The van der Waals surface area contributed by atoms with Crippen LogP contribution in [-0.2, 0) is 15.8 Å². The lowest BCUT2D eigenvalue weighted by Crippen LogP contribution is -2.26. The van der Waals surface area contributed by atoms with Gasteiger partial charge >= 0.3 is 0 Å². The summed E-state index contributed by atoms with van der Waals surface area (Å²) in [5, 5.41) is 9.04. The van der Waals surface area contributed by atoms with Crippen molar-refractivity contribution in [1.29, 1.82) is 5.26 Å². The summed E-state index contributed by atoms with van der Waals surface area (Å²) < 4.78 is 27.2. The molecule has 0 amide bonds.